The topological polar surface area (TPSA) is 84.2 Å². The molecule has 150 valence electrons. The molecule has 2 heterocycles. The summed E-state index contributed by atoms with van der Waals surface area (Å²) < 4.78 is 5.60. The lowest BCUT2D eigenvalue weighted by Crippen LogP contribution is -2.13. The van der Waals surface area contributed by atoms with Crippen molar-refractivity contribution in [1.82, 2.24) is 4.98 Å². The van der Waals surface area contributed by atoms with Crippen LogP contribution in [0.25, 0.3) is 10.8 Å². The zero-order valence-corrected chi connectivity index (χ0v) is 17.2. The van der Waals surface area contributed by atoms with Gasteiger partial charge in [-0.2, -0.15) is 0 Å². The molecule has 0 radical (unpaired) electrons. The number of carbonyl (C=O) groups is 2. The molecule has 2 aromatic heterocycles. The number of furan rings is 1. The van der Waals surface area contributed by atoms with Gasteiger partial charge in [-0.3, -0.25) is 9.59 Å². The number of aromatic nitrogens is 1. The van der Waals surface area contributed by atoms with Crippen LogP contribution in [0.15, 0.2) is 71.1 Å². The van der Waals surface area contributed by atoms with Crippen molar-refractivity contribution in [3.8, 4) is 10.8 Å². The summed E-state index contributed by atoms with van der Waals surface area (Å²) in [4.78, 5) is 30.1. The van der Waals surface area contributed by atoms with Gasteiger partial charge in [-0.1, -0.05) is 24.3 Å². The number of aryl methyl sites for hydroxylation is 2. The molecule has 0 atom stereocenters. The van der Waals surface area contributed by atoms with E-state index in [0.717, 1.165) is 5.76 Å². The first-order valence-electron chi connectivity index (χ1n) is 9.31. The second-order valence-electron chi connectivity index (χ2n) is 6.70. The Morgan fingerprint density at radius 1 is 0.867 bits per heavy atom. The largest absolute Gasteiger partial charge is 0.459 e. The van der Waals surface area contributed by atoms with Crippen molar-refractivity contribution in [2.24, 2.45) is 0 Å². The minimum atomic E-state index is -0.258. The molecule has 2 amide bonds. The minimum absolute atomic E-state index is 0.212. The summed E-state index contributed by atoms with van der Waals surface area (Å²) in [5.41, 5.74) is 2.37. The molecule has 6 nitrogen and oxygen atoms in total. The van der Waals surface area contributed by atoms with E-state index in [-0.39, 0.29) is 11.8 Å². The van der Waals surface area contributed by atoms with E-state index in [9.17, 15) is 9.59 Å². The first-order valence-corrected chi connectivity index (χ1v) is 10.1. The van der Waals surface area contributed by atoms with Crippen LogP contribution in [0.4, 0.5) is 11.4 Å². The molecule has 2 aromatic carbocycles. The molecule has 4 rings (SSSR count). The lowest BCUT2D eigenvalue weighted by atomic mass is 10.2. The van der Waals surface area contributed by atoms with Crippen LogP contribution >= 0.6 is 11.3 Å². The van der Waals surface area contributed by atoms with Crippen molar-refractivity contribution >= 4 is 34.5 Å². The van der Waals surface area contributed by atoms with Crippen LogP contribution in [0.2, 0.25) is 0 Å². The Balaban J connectivity index is 1.48. The summed E-state index contributed by atoms with van der Waals surface area (Å²) in [7, 11) is 0. The summed E-state index contributed by atoms with van der Waals surface area (Å²) in [5.74, 6) is 0.963. The van der Waals surface area contributed by atoms with Crippen LogP contribution in [-0.2, 0) is 0 Å². The van der Waals surface area contributed by atoms with Gasteiger partial charge in [0.05, 0.1) is 5.69 Å². The van der Waals surface area contributed by atoms with Gasteiger partial charge in [0.1, 0.15) is 10.6 Å². The highest BCUT2D eigenvalue weighted by molar-refractivity contribution is 7.17. The fourth-order valence-corrected chi connectivity index (χ4v) is 3.84. The molecule has 0 aliphatic carbocycles. The summed E-state index contributed by atoms with van der Waals surface area (Å²) in [5, 5.41) is 6.37. The van der Waals surface area contributed by atoms with Crippen LogP contribution in [0.3, 0.4) is 0 Å². The van der Waals surface area contributed by atoms with E-state index in [0.29, 0.717) is 38.3 Å². The number of rotatable bonds is 5. The lowest BCUT2D eigenvalue weighted by Gasteiger charge is -2.08. The van der Waals surface area contributed by atoms with Crippen LogP contribution < -0.4 is 10.6 Å². The maximum atomic E-state index is 12.8. The zero-order chi connectivity index (χ0) is 21.1. The summed E-state index contributed by atoms with van der Waals surface area (Å²) in [6.45, 7) is 3.66. The van der Waals surface area contributed by atoms with Gasteiger partial charge in [-0.15, -0.1) is 11.3 Å². The number of nitrogens with zero attached hydrogens (tertiary/aromatic N) is 1. The molecule has 7 heteroatoms. The standard InChI is InChI=1S/C23H19N3O3S/c1-14-11-12-19(29-14)23-24-15(2)20(30-23)22(28)26-18-10-6-9-17(13-18)25-21(27)16-7-4-3-5-8-16/h3-13H,1-2H3,(H,25,27)(H,26,28). The van der Waals surface area contributed by atoms with Gasteiger partial charge >= 0.3 is 0 Å². The second kappa shape index (κ2) is 8.34. The Morgan fingerprint density at radius 3 is 2.23 bits per heavy atom. The fraction of sp³-hybridized carbons (Fsp3) is 0.0870. The Hall–Kier alpha value is -3.71. The molecule has 2 N–H and O–H groups in total. The van der Waals surface area contributed by atoms with Gasteiger partial charge in [0.15, 0.2) is 10.8 Å². The quantitative estimate of drug-likeness (QED) is 0.447. The monoisotopic (exact) mass is 417 g/mol. The van der Waals surface area contributed by atoms with Gasteiger partial charge in [0, 0.05) is 16.9 Å². The SMILES string of the molecule is Cc1ccc(-c2nc(C)c(C(=O)Nc3cccc(NC(=O)c4ccccc4)c3)s2)o1. The van der Waals surface area contributed by atoms with Gasteiger partial charge in [0.2, 0.25) is 0 Å². The van der Waals surface area contributed by atoms with Crippen LogP contribution in [0, 0.1) is 13.8 Å². The molecule has 0 fully saturated rings. The summed E-state index contributed by atoms with van der Waals surface area (Å²) in [6.07, 6.45) is 0. The van der Waals surface area contributed by atoms with Gasteiger partial charge in [0.25, 0.3) is 11.8 Å². The van der Waals surface area contributed by atoms with Crippen LogP contribution in [0.5, 0.6) is 0 Å². The number of anilines is 2. The maximum absolute atomic E-state index is 12.8. The number of thiazole rings is 1. The Morgan fingerprint density at radius 2 is 1.57 bits per heavy atom. The molecule has 0 bridgehead atoms. The van der Waals surface area contributed by atoms with Crippen LogP contribution in [0.1, 0.15) is 31.5 Å². The van der Waals surface area contributed by atoms with Gasteiger partial charge < -0.3 is 15.1 Å². The summed E-state index contributed by atoms with van der Waals surface area (Å²) in [6, 6.07) is 19.7. The molecule has 0 spiro atoms. The molecule has 0 saturated carbocycles. The lowest BCUT2D eigenvalue weighted by molar-refractivity contribution is 0.102. The number of carbonyl (C=O) groups excluding carboxylic acids is 2. The molecule has 0 aliphatic rings. The van der Waals surface area contributed by atoms with Crippen molar-refractivity contribution in [3.63, 3.8) is 0 Å². The van der Waals surface area contributed by atoms with Crippen molar-refractivity contribution in [2.45, 2.75) is 13.8 Å². The third-order valence-corrected chi connectivity index (χ3v) is 5.54. The molecule has 0 saturated heterocycles. The van der Waals surface area contributed by atoms with Crippen LogP contribution in [-0.4, -0.2) is 16.8 Å². The number of benzene rings is 2. The normalized spacial score (nSPS) is 10.6. The first kappa shape index (κ1) is 19.6. The third-order valence-electron chi connectivity index (χ3n) is 4.37. The molecular weight excluding hydrogens is 398 g/mol. The number of amides is 2. The van der Waals surface area contributed by atoms with Gasteiger partial charge in [-0.25, -0.2) is 4.98 Å². The predicted molar refractivity (Wildman–Crippen MR) is 118 cm³/mol. The van der Waals surface area contributed by atoms with E-state index in [2.05, 4.69) is 15.6 Å². The minimum Gasteiger partial charge on any atom is -0.459 e. The average molecular weight is 417 g/mol. The second-order valence-corrected chi connectivity index (χ2v) is 7.70. The van der Waals surface area contributed by atoms with E-state index < -0.39 is 0 Å². The Bertz CT molecular complexity index is 1210. The smallest absolute Gasteiger partial charge is 0.267 e. The van der Waals surface area contributed by atoms with E-state index in [1.165, 1.54) is 11.3 Å². The van der Waals surface area contributed by atoms with Crippen molar-refractivity contribution in [1.29, 1.82) is 0 Å². The highest BCUT2D eigenvalue weighted by Crippen LogP contribution is 2.30. The molecular formula is C23H19N3O3S. The number of nitrogens with one attached hydrogen (secondary N) is 2. The number of hydrogen-bond acceptors (Lipinski definition) is 5. The van der Waals surface area contributed by atoms with Crippen molar-refractivity contribution < 1.29 is 14.0 Å². The van der Waals surface area contributed by atoms with E-state index in [1.54, 1.807) is 55.5 Å². The average Bonchev–Trinajstić information content (AvgIpc) is 3.34. The first-order chi connectivity index (χ1) is 14.5. The number of hydrogen-bond donors (Lipinski definition) is 2. The zero-order valence-electron chi connectivity index (χ0n) is 16.4. The predicted octanol–water partition coefficient (Wildman–Crippen LogP) is 5.52. The molecule has 0 aliphatic heterocycles. The van der Waals surface area contributed by atoms with Crippen molar-refractivity contribution in [2.75, 3.05) is 10.6 Å². The van der Waals surface area contributed by atoms with Crippen molar-refractivity contribution in [3.05, 3.63) is 88.6 Å². The van der Waals surface area contributed by atoms with E-state index >= 15 is 0 Å². The Kier molecular flexibility index (Phi) is 5.45. The van der Waals surface area contributed by atoms with Gasteiger partial charge in [-0.05, 0) is 56.3 Å². The molecule has 30 heavy (non-hydrogen) atoms. The highest BCUT2D eigenvalue weighted by atomic mass is 32.1. The summed E-state index contributed by atoms with van der Waals surface area (Å²) >= 11 is 1.28. The third kappa shape index (κ3) is 4.31. The van der Waals surface area contributed by atoms with E-state index in [1.807, 2.05) is 25.1 Å². The molecule has 0 unspecified atom stereocenters. The maximum Gasteiger partial charge on any atom is 0.267 e. The highest BCUT2D eigenvalue weighted by Gasteiger charge is 2.18. The van der Waals surface area contributed by atoms with E-state index in [4.69, 9.17) is 4.42 Å². The Labute approximate surface area is 177 Å². The fourth-order valence-electron chi connectivity index (χ4n) is 2.92. The molecule has 4 aromatic rings.